The van der Waals surface area contributed by atoms with Gasteiger partial charge < -0.3 is 39.4 Å². The Bertz CT molecular complexity index is 1510. The topological polar surface area (TPSA) is 127 Å². The lowest BCUT2D eigenvalue weighted by molar-refractivity contribution is -0.278. The maximum Gasteiger partial charge on any atom is 0.303 e. The van der Waals surface area contributed by atoms with Gasteiger partial charge in [-0.05, 0) is 39.9 Å². The number of aliphatic carboxylic acids is 1. The Morgan fingerprint density at radius 3 is 2.28 bits per heavy atom. The van der Waals surface area contributed by atoms with Crippen molar-refractivity contribution in [2.24, 2.45) is 5.92 Å². The fourth-order valence-corrected chi connectivity index (χ4v) is 6.68. The van der Waals surface area contributed by atoms with E-state index in [2.05, 4.69) is 23.2 Å². The molecule has 3 aliphatic rings. The minimum absolute atomic E-state index is 0.00924. The van der Waals surface area contributed by atoms with Gasteiger partial charge in [-0.3, -0.25) is 9.59 Å². The van der Waals surface area contributed by atoms with Crippen LogP contribution < -0.4 is 5.32 Å². The summed E-state index contributed by atoms with van der Waals surface area (Å²) in [5, 5.41) is 21.2. The zero-order valence-electron chi connectivity index (χ0n) is 26.8. The highest BCUT2D eigenvalue weighted by Crippen LogP contribution is 2.43. The van der Waals surface area contributed by atoms with Gasteiger partial charge in [0.25, 0.3) is 0 Å². The maximum absolute atomic E-state index is 12.1. The van der Waals surface area contributed by atoms with Crippen LogP contribution in [0.3, 0.4) is 0 Å². The Morgan fingerprint density at radius 1 is 0.872 bits per heavy atom. The van der Waals surface area contributed by atoms with Crippen molar-refractivity contribution in [1.29, 1.82) is 0 Å². The molecule has 1 spiro atoms. The Morgan fingerprint density at radius 2 is 1.57 bits per heavy atom. The summed E-state index contributed by atoms with van der Waals surface area (Å²) < 4.78 is 25.4. The largest absolute Gasteiger partial charge is 0.481 e. The van der Waals surface area contributed by atoms with Crippen molar-refractivity contribution in [2.75, 3.05) is 32.8 Å². The molecule has 3 heterocycles. The van der Waals surface area contributed by atoms with Gasteiger partial charge in [0.15, 0.2) is 12.1 Å². The number of carboxylic acids is 1. The van der Waals surface area contributed by atoms with E-state index in [1.165, 1.54) is 0 Å². The summed E-state index contributed by atoms with van der Waals surface area (Å²) in [6.07, 6.45) is 0.550. The summed E-state index contributed by atoms with van der Waals surface area (Å²) in [6, 6.07) is 24.0. The molecule has 3 saturated heterocycles. The van der Waals surface area contributed by atoms with Gasteiger partial charge in [-0.2, -0.15) is 0 Å². The summed E-state index contributed by atoms with van der Waals surface area (Å²) >= 11 is 0. The molecule has 250 valence electrons. The number of benzene rings is 3. The molecule has 3 fully saturated rings. The number of hydrogen-bond acceptors (Lipinski definition) is 8. The quantitative estimate of drug-likeness (QED) is 0.266. The molecule has 4 atom stereocenters. The monoisotopic (exact) mass is 644 g/mol. The number of amides is 1. The van der Waals surface area contributed by atoms with E-state index in [9.17, 15) is 14.7 Å². The summed E-state index contributed by atoms with van der Waals surface area (Å²) in [4.78, 5) is 25.3. The fraction of sp³-hybridized carbons (Fsp3) is 0.459. The second-order valence-electron chi connectivity index (χ2n) is 12.7. The highest BCUT2D eigenvalue weighted by molar-refractivity contribution is 5.80. The molecule has 47 heavy (non-hydrogen) atoms. The molecule has 3 aliphatic heterocycles. The second kappa shape index (κ2) is 15.1. The van der Waals surface area contributed by atoms with Crippen LogP contribution in [0.4, 0.5) is 0 Å². The van der Waals surface area contributed by atoms with Crippen molar-refractivity contribution in [3.8, 4) is 11.1 Å². The lowest BCUT2D eigenvalue weighted by atomic mass is 9.89. The fourth-order valence-electron chi connectivity index (χ4n) is 6.68. The average Bonchev–Trinajstić information content (AvgIpc) is 3.56. The molecule has 4 unspecified atom stereocenters. The van der Waals surface area contributed by atoms with Gasteiger partial charge in [-0.1, -0.05) is 67.6 Å². The zero-order chi connectivity index (χ0) is 32.8. The smallest absolute Gasteiger partial charge is 0.303 e. The van der Waals surface area contributed by atoms with Crippen molar-refractivity contribution in [3.63, 3.8) is 0 Å². The molecule has 3 aromatic rings. The van der Waals surface area contributed by atoms with E-state index in [-0.39, 0.29) is 43.5 Å². The number of carboxylic acid groups (broad SMARTS) is 1. The van der Waals surface area contributed by atoms with Gasteiger partial charge in [0.05, 0.1) is 38.4 Å². The zero-order valence-corrected chi connectivity index (χ0v) is 26.8. The summed E-state index contributed by atoms with van der Waals surface area (Å²) in [5.41, 5.74) is 5.71. The van der Waals surface area contributed by atoms with Crippen LogP contribution in [0, 0.1) is 5.92 Å². The van der Waals surface area contributed by atoms with Crippen molar-refractivity contribution in [2.45, 2.75) is 70.0 Å². The lowest BCUT2D eigenvalue weighted by Crippen LogP contribution is -2.50. The van der Waals surface area contributed by atoms with Gasteiger partial charge >= 0.3 is 5.97 Å². The van der Waals surface area contributed by atoms with E-state index in [1.54, 1.807) is 0 Å². The van der Waals surface area contributed by atoms with Crippen LogP contribution in [0.1, 0.15) is 67.3 Å². The first-order chi connectivity index (χ1) is 22.8. The molecule has 3 aromatic carbocycles. The average molecular weight is 645 g/mol. The molecule has 10 heteroatoms. The van der Waals surface area contributed by atoms with Crippen LogP contribution in [-0.4, -0.2) is 71.7 Å². The van der Waals surface area contributed by atoms with Gasteiger partial charge in [-0.15, -0.1) is 0 Å². The van der Waals surface area contributed by atoms with Crippen LogP contribution >= 0.6 is 0 Å². The van der Waals surface area contributed by atoms with Crippen molar-refractivity contribution < 1.29 is 38.7 Å². The number of aliphatic hydroxyl groups is 1. The van der Waals surface area contributed by atoms with Crippen LogP contribution in [0.5, 0.6) is 0 Å². The van der Waals surface area contributed by atoms with Crippen molar-refractivity contribution >= 4 is 11.9 Å². The molecule has 0 aromatic heterocycles. The number of aliphatic hydroxyl groups excluding tert-OH is 1. The maximum atomic E-state index is 12.1. The predicted octanol–water partition coefficient (Wildman–Crippen LogP) is 4.96. The van der Waals surface area contributed by atoms with Crippen molar-refractivity contribution in [1.82, 2.24) is 10.2 Å². The molecule has 3 N–H and O–H groups in total. The Labute approximate surface area is 275 Å². The van der Waals surface area contributed by atoms with E-state index >= 15 is 0 Å². The molecular weight excluding hydrogens is 600 g/mol. The third-order valence-electron chi connectivity index (χ3n) is 9.47. The van der Waals surface area contributed by atoms with Gasteiger partial charge in [0, 0.05) is 56.9 Å². The van der Waals surface area contributed by atoms with Gasteiger partial charge in [-0.25, -0.2) is 0 Å². The summed E-state index contributed by atoms with van der Waals surface area (Å²) in [7, 11) is 0. The molecule has 0 bridgehead atoms. The Balaban J connectivity index is 1.19. The number of nitrogens with zero attached hydrogens (tertiary/aromatic N) is 1. The lowest BCUT2D eigenvalue weighted by Gasteiger charge is -2.44. The Kier molecular flexibility index (Phi) is 10.7. The minimum atomic E-state index is -0.992. The number of rotatable bonds is 11. The molecule has 1 amide bonds. The number of likely N-dealkylation sites (tertiary alicyclic amines) is 1. The van der Waals surface area contributed by atoms with Crippen LogP contribution in [-0.2, 0) is 41.7 Å². The van der Waals surface area contributed by atoms with E-state index < -0.39 is 18.0 Å². The molecule has 6 rings (SSSR count). The number of carbonyl (C=O) groups excluding carboxylic acids is 1. The normalized spacial score (nSPS) is 24.3. The second-order valence-corrected chi connectivity index (χ2v) is 12.7. The number of carbonyl (C=O) groups is 2. The van der Waals surface area contributed by atoms with Crippen LogP contribution in [0.25, 0.3) is 11.1 Å². The Hall–Kier alpha value is -3.64. The third kappa shape index (κ3) is 8.27. The number of ether oxygens (including phenoxy) is 4. The summed E-state index contributed by atoms with van der Waals surface area (Å²) in [6.45, 7) is 6.32. The third-order valence-corrected chi connectivity index (χ3v) is 9.47. The van der Waals surface area contributed by atoms with E-state index in [0.717, 1.165) is 65.9 Å². The molecule has 10 nitrogen and oxygen atoms in total. The van der Waals surface area contributed by atoms with E-state index in [1.807, 2.05) is 66.7 Å². The molecule has 0 saturated carbocycles. The highest BCUT2D eigenvalue weighted by atomic mass is 16.7. The summed E-state index contributed by atoms with van der Waals surface area (Å²) in [5.74, 6) is -1.64. The number of hydrogen-bond donors (Lipinski definition) is 3. The molecular formula is C37H44N2O8. The first kappa shape index (κ1) is 33.3. The molecule has 0 radical (unpaired) electrons. The van der Waals surface area contributed by atoms with Gasteiger partial charge in [0.2, 0.25) is 5.91 Å². The highest BCUT2D eigenvalue weighted by Gasteiger charge is 2.43. The SMILES string of the molecule is CC1C(CN2CCC3(CC2)OCCO3)OC(c2cccc(-c3cccc(CNC(=O)CCC(=O)O)c3)c2)OC1c1ccc(CO)cc1. The minimum Gasteiger partial charge on any atom is -0.481 e. The van der Waals surface area contributed by atoms with Gasteiger partial charge in [0.1, 0.15) is 0 Å². The number of nitrogens with one attached hydrogen (secondary N) is 1. The standard InChI is InChI=1S/C37H44N2O8/c1-25-32(23-39-16-14-37(15-17-39)44-18-19-45-37)46-36(47-35(25)28-10-8-26(24-40)9-11-28)31-7-3-6-30(21-31)29-5-2-4-27(20-29)22-38-33(41)12-13-34(42)43/h2-11,20-21,25,32,35-36,40H,12-19,22-24H2,1H3,(H,38,41)(H,42,43). The van der Waals surface area contributed by atoms with Crippen LogP contribution in [0.2, 0.25) is 0 Å². The number of piperidine rings is 1. The van der Waals surface area contributed by atoms with Crippen molar-refractivity contribution in [3.05, 3.63) is 95.1 Å². The van der Waals surface area contributed by atoms with Crippen LogP contribution in [0.15, 0.2) is 72.8 Å². The first-order valence-corrected chi connectivity index (χ1v) is 16.5. The van der Waals surface area contributed by atoms with E-state index in [0.29, 0.717) is 19.8 Å². The molecule has 0 aliphatic carbocycles. The first-order valence-electron chi connectivity index (χ1n) is 16.5. The predicted molar refractivity (Wildman–Crippen MR) is 174 cm³/mol. The van der Waals surface area contributed by atoms with E-state index in [4.69, 9.17) is 24.1 Å².